The summed E-state index contributed by atoms with van der Waals surface area (Å²) in [6.07, 6.45) is 0. The van der Waals surface area contributed by atoms with Crippen LogP contribution < -0.4 is 0 Å². The summed E-state index contributed by atoms with van der Waals surface area (Å²) in [7, 11) is 0. The highest BCUT2D eigenvalue weighted by Gasteiger charge is 2.12. The Hall–Kier alpha value is -2.38. The summed E-state index contributed by atoms with van der Waals surface area (Å²) in [5.41, 5.74) is -0.754. The molecular weight excluding hydrogens is 344 g/mol. The van der Waals surface area contributed by atoms with E-state index in [-0.39, 0.29) is 48.4 Å². The fourth-order valence-corrected chi connectivity index (χ4v) is 3.12. The van der Waals surface area contributed by atoms with Gasteiger partial charge in [-0.2, -0.15) is 0 Å². The zero-order valence-corrected chi connectivity index (χ0v) is 13.0. The Morgan fingerprint density at radius 1 is 0.609 bits per heavy atom. The average molecular weight is 370 g/mol. The van der Waals surface area contributed by atoms with Gasteiger partial charge in [-0.3, -0.25) is 0 Å². The van der Waals surface area contributed by atoms with Crippen molar-refractivity contribution in [1.82, 2.24) is 0 Å². The summed E-state index contributed by atoms with van der Waals surface area (Å²) in [6, 6.07) is -7.16. The molecule has 0 aromatic heterocycles. The highest BCUT2D eigenvalue weighted by Crippen LogP contribution is 2.40. The van der Waals surface area contributed by atoms with E-state index in [9.17, 15) is 0 Å². The predicted molar refractivity (Wildman–Crippen MR) is 103 cm³/mol. The van der Waals surface area contributed by atoms with Gasteiger partial charge in [0, 0.05) is 4.47 Å². The van der Waals surface area contributed by atoms with Crippen molar-refractivity contribution >= 4 is 48.2 Å². The van der Waals surface area contributed by atoms with Crippen LogP contribution >= 0.6 is 15.9 Å². The van der Waals surface area contributed by atoms with Crippen molar-refractivity contribution in [2.24, 2.45) is 0 Å². The van der Waals surface area contributed by atoms with E-state index >= 15 is 0 Å². The molecular formula is C22H13Br. The fourth-order valence-electron chi connectivity index (χ4n) is 2.72. The highest BCUT2D eigenvalue weighted by atomic mass is 79.9. The monoisotopic (exact) mass is 369 g/mol. The Kier molecular flexibility index (Phi) is 1.17. The van der Waals surface area contributed by atoms with Gasteiger partial charge in [-0.25, -0.2) is 0 Å². The maximum absolute atomic E-state index is 8.78. The molecule has 0 radical (unpaired) electrons. The molecule has 0 aliphatic carbocycles. The summed E-state index contributed by atoms with van der Waals surface area (Å²) in [4.78, 5) is 0. The van der Waals surface area contributed by atoms with E-state index < -0.39 is 78.1 Å². The van der Waals surface area contributed by atoms with Crippen LogP contribution in [0.15, 0.2) is 83.0 Å². The van der Waals surface area contributed by atoms with Gasteiger partial charge in [0.2, 0.25) is 0 Å². The van der Waals surface area contributed by atoms with E-state index in [0.717, 1.165) is 0 Å². The molecule has 0 aliphatic heterocycles. The number of hydrogen-bond donors (Lipinski definition) is 0. The summed E-state index contributed by atoms with van der Waals surface area (Å²) in [6.45, 7) is 0. The zero-order chi connectivity index (χ0) is 26.7. The van der Waals surface area contributed by atoms with Crippen LogP contribution in [0.3, 0.4) is 0 Å². The van der Waals surface area contributed by atoms with Crippen LogP contribution in [0, 0.1) is 0 Å². The van der Waals surface area contributed by atoms with E-state index in [0.29, 0.717) is 0 Å². The lowest BCUT2D eigenvalue weighted by molar-refractivity contribution is 1.66. The molecule has 0 bridgehead atoms. The van der Waals surface area contributed by atoms with Gasteiger partial charge in [-0.15, -0.1) is 0 Å². The van der Waals surface area contributed by atoms with Crippen LogP contribution in [0.2, 0.25) is 0 Å². The molecule has 5 aromatic carbocycles. The van der Waals surface area contributed by atoms with Crippen molar-refractivity contribution in [3.63, 3.8) is 0 Å². The van der Waals surface area contributed by atoms with Crippen LogP contribution in [0.25, 0.3) is 43.4 Å². The smallest absolute Gasteiger partial charge is 0.0622 e. The number of halogens is 1. The minimum Gasteiger partial charge on any atom is -0.0622 e. The minimum atomic E-state index is -0.676. The lowest BCUT2D eigenvalue weighted by atomic mass is 9.90. The van der Waals surface area contributed by atoms with Crippen molar-refractivity contribution in [2.75, 3.05) is 0 Å². The predicted octanol–water partition coefficient (Wildman–Crippen LogP) is 7.01. The van der Waals surface area contributed by atoms with Gasteiger partial charge in [0.15, 0.2) is 0 Å². The van der Waals surface area contributed by atoms with Gasteiger partial charge in [0.05, 0.1) is 17.8 Å². The van der Waals surface area contributed by atoms with Crippen molar-refractivity contribution in [3.05, 3.63) is 83.0 Å². The summed E-state index contributed by atoms with van der Waals surface area (Å²) in [5, 5.41) is -0.434. The molecule has 0 unspecified atom stereocenters. The molecule has 5 aromatic rings. The average Bonchev–Trinajstić information content (AvgIpc) is 2.84. The fraction of sp³-hybridized carbons (Fsp3) is 0. The van der Waals surface area contributed by atoms with E-state index in [1.165, 1.54) is 0 Å². The normalized spacial score (nSPS) is 19.6. The third kappa shape index (κ3) is 1.83. The van der Waals surface area contributed by atoms with Gasteiger partial charge in [0.25, 0.3) is 0 Å². The molecule has 0 fully saturated rings. The SMILES string of the molecule is [2H]c1c([2H])c([2H])c(-c2c([2H])c([2H])c3c([2H])c([2H])c4c(Br)c([2H])c([2H])c5c([2H])c([2H])c2c3c54)c([2H])c1[2H]. The lowest BCUT2D eigenvalue weighted by Gasteiger charge is -2.14. The first-order valence-electron chi connectivity index (χ1n) is 13.2. The van der Waals surface area contributed by atoms with E-state index in [4.69, 9.17) is 17.8 Å². The molecule has 0 nitrogen and oxygen atoms in total. The molecule has 23 heavy (non-hydrogen) atoms. The van der Waals surface area contributed by atoms with E-state index in [1.807, 2.05) is 0 Å². The van der Waals surface area contributed by atoms with E-state index in [1.54, 1.807) is 0 Å². The Morgan fingerprint density at radius 3 is 2.00 bits per heavy atom. The summed E-state index contributed by atoms with van der Waals surface area (Å²) in [5.74, 6) is 0. The molecule has 0 N–H and O–H groups in total. The first-order valence-corrected chi connectivity index (χ1v) is 7.48. The van der Waals surface area contributed by atoms with Crippen molar-refractivity contribution in [2.45, 2.75) is 0 Å². The van der Waals surface area contributed by atoms with Crippen LogP contribution in [-0.4, -0.2) is 0 Å². The van der Waals surface area contributed by atoms with Gasteiger partial charge in [-0.05, 0) is 49.5 Å². The molecule has 1 heteroatoms. The van der Waals surface area contributed by atoms with E-state index in [2.05, 4.69) is 15.9 Å². The number of benzene rings is 5. The highest BCUT2D eigenvalue weighted by molar-refractivity contribution is 9.10. The molecule has 5 rings (SSSR count). The number of hydrogen-bond acceptors (Lipinski definition) is 0. The first-order chi connectivity index (χ1) is 16.7. The molecule has 0 aliphatic rings. The van der Waals surface area contributed by atoms with Crippen molar-refractivity contribution < 1.29 is 17.8 Å². The van der Waals surface area contributed by atoms with Crippen LogP contribution in [0.1, 0.15) is 17.8 Å². The Balaban J connectivity index is 2.25. The topological polar surface area (TPSA) is 0 Å². The summed E-state index contributed by atoms with van der Waals surface area (Å²) < 4.78 is 110. The lowest BCUT2D eigenvalue weighted by Crippen LogP contribution is -1.87. The van der Waals surface area contributed by atoms with Crippen LogP contribution in [0.4, 0.5) is 0 Å². The van der Waals surface area contributed by atoms with Crippen molar-refractivity contribution in [1.29, 1.82) is 0 Å². The Labute approximate surface area is 161 Å². The molecule has 0 saturated heterocycles. The quantitative estimate of drug-likeness (QED) is 0.278. The molecule has 108 valence electrons. The second-order valence-corrected chi connectivity index (χ2v) is 5.73. The maximum atomic E-state index is 8.78. The molecule has 0 heterocycles. The molecule has 0 saturated carbocycles. The van der Waals surface area contributed by atoms with Crippen LogP contribution in [-0.2, 0) is 0 Å². The first kappa shape index (κ1) is 5.61. The third-order valence-corrected chi connectivity index (χ3v) is 4.30. The second-order valence-electron chi connectivity index (χ2n) is 4.94. The van der Waals surface area contributed by atoms with Gasteiger partial charge >= 0.3 is 0 Å². The van der Waals surface area contributed by atoms with Gasteiger partial charge < -0.3 is 0 Å². The number of rotatable bonds is 1. The third-order valence-electron chi connectivity index (χ3n) is 3.70. The van der Waals surface area contributed by atoms with Crippen molar-refractivity contribution in [3.8, 4) is 11.1 Å². The Bertz CT molecular complexity index is 1770. The summed E-state index contributed by atoms with van der Waals surface area (Å²) >= 11 is 3.22. The maximum Gasteiger partial charge on any atom is 0.0635 e. The molecule has 0 amide bonds. The Morgan fingerprint density at radius 2 is 1.22 bits per heavy atom. The molecule has 0 spiro atoms. The largest absolute Gasteiger partial charge is 0.0635 e. The standard InChI is InChI=1S/C22H13Br/c23-20-13-9-16-7-11-18-17(14-4-2-1-3-5-14)10-6-15-8-12-19(20)22(16)21(15)18/h1-13H/i1D,2D,3D,4D,5D,6D,7D,8D,9D,10D,11D,12D,13D. The minimum absolute atomic E-state index is 0.000916. The second kappa shape index (κ2) is 4.81. The van der Waals surface area contributed by atoms with Gasteiger partial charge in [0.1, 0.15) is 0 Å². The van der Waals surface area contributed by atoms with Crippen LogP contribution in [0.5, 0.6) is 0 Å². The van der Waals surface area contributed by atoms with Gasteiger partial charge in [-0.1, -0.05) is 88.4 Å². The zero-order valence-electron chi connectivity index (χ0n) is 24.4. The molecule has 0 atom stereocenters.